The van der Waals surface area contributed by atoms with Crippen LogP contribution in [0.4, 0.5) is 0 Å². The van der Waals surface area contributed by atoms with Crippen molar-refractivity contribution in [2.75, 3.05) is 24.0 Å². The SMILES string of the molecule is CSCC[C@@H](N)C(=O)NC(C)CS(C)(=O)=O. The predicted molar refractivity (Wildman–Crippen MR) is 68.3 cm³/mol. The molecule has 0 saturated carbocycles. The Bertz CT molecular complexity index is 317. The molecule has 0 spiro atoms. The van der Waals surface area contributed by atoms with E-state index in [2.05, 4.69) is 5.32 Å². The summed E-state index contributed by atoms with van der Waals surface area (Å²) in [5.74, 6) is 0.466. The summed E-state index contributed by atoms with van der Waals surface area (Å²) in [6.07, 6.45) is 3.68. The lowest BCUT2D eigenvalue weighted by molar-refractivity contribution is -0.122. The molecule has 3 N–H and O–H groups in total. The minimum atomic E-state index is -3.07. The highest BCUT2D eigenvalue weighted by Gasteiger charge is 2.17. The molecule has 0 fully saturated rings. The van der Waals surface area contributed by atoms with Gasteiger partial charge in [-0.05, 0) is 25.4 Å². The second-order valence-electron chi connectivity index (χ2n) is 3.89. The molecule has 16 heavy (non-hydrogen) atoms. The van der Waals surface area contributed by atoms with Crippen molar-refractivity contribution < 1.29 is 13.2 Å². The first-order valence-corrected chi connectivity index (χ1v) is 8.44. The van der Waals surface area contributed by atoms with Crippen molar-refractivity contribution in [3.8, 4) is 0 Å². The first-order valence-electron chi connectivity index (χ1n) is 4.99. The molecule has 1 amide bonds. The zero-order chi connectivity index (χ0) is 12.8. The Kier molecular flexibility index (Phi) is 7.01. The molecule has 0 aliphatic rings. The molecule has 0 heterocycles. The van der Waals surface area contributed by atoms with E-state index in [1.807, 2.05) is 6.26 Å². The molecular weight excluding hydrogens is 248 g/mol. The highest BCUT2D eigenvalue weighted by Crippen LogP contribution is 1.99. The molecule has 5 nitrogen and oxygen atoms in total. The van der Waals surface area contributed by atoms with E-state index < -0.39 is 21.9 Å². The Balaban J connectivity index is 4.04. The first-order chi connectivity index (χ1) is 7.26. The normalized spacial score (nSPS) is 15.5. The molecule has 0 aromatic heterocycles. The molecule has 0 aliphatic carbocycles. The van der Waals surface area contributed by atoms with Gasteiger partial charge >= 0.3 is 0 Å². The van der Waals surface area contributed by atoms with E-state index in [4.69, 9.17) is 5.73 Å². The number of carbonyl (C=O) groups is 1. The van der Waals surface area contributed by atoms with Crippen LogP contribution in [0, 0.1) is 0 Å². The van der Waals surface area contributed by atoms with Gasteiger partial charge in [-0.3, -0.25) is 4.79 Å². The fraction of sp³-hybridized carbons (Fsp3) is 0.889. The highest BCUT2D eigenvalue weighted by molar-refractivity contribution is 7.98. The maximum absolute atomic E-state index is 11.5. The Morgan fingerprint density at radius 1 is 1.50 bits per heavy atom. The lowest BCUT2D eigenvalue weighted by atomic mass is 10.2. The Labute approximate surface area is 101 Å². The minimum absolute atomic E-state index is 0.0615. The zero-order valence-electron chi connectivity index (χ0n) is 9.89. The summed E-state index contributed by atoms with van der Waals surface area (Å²) >= 11 is 1.62. The van der Waals surface area contributed by atoms with Gasteiger partial charge in [-0.2, -0.15) is 11.8 Å². The molecule has 0 aromatic carbocycles. The van der Waals surface area contributed by atoms with Gasteiger partial charge in [0.25, 0.3) is 0 Å². The van der Waals surface area contributed by atoms with Gasteiger partial charge in [-0.25, -0.2) is 8.42 Å². The number of nitrogens with one attached hydrogen (secondary N) is 1. The number of sulfone groups is 1. The van der Waals surface area contributed by atoms with Crippen molar-refractivity contribution in [1.29, 1.82) is 0 Å². The van der Waals surface area contributed by atoms with E-state index in [1.165, 1.54) is 0 Å². The van der Waals surface area contributed by atoms with Crippen LogP contribution >= 0.6 is 11.8 Å². The lowest BCUT2D eigenvalue weighted by Crippen LogP contribution is -2.46. The summed E-state index contributed by atoms with van der Waals surface area (Å²) in [6.45, 7) is 1.65. The minimum Gasteiger partial charge on any atom is -0.351 e. The van der Waals surface area contributed by atoms with Crippen molar-refractivity contribution in [3.05, 3.63) is 0 Å². The van der Waals surface area contributed by atoms with Crippen LogP contribution in [0.2, 0.25) is 0 Å². The van der Waals surface area contributed by atoms with Crippen LogP contribution in [0.3, 0.4) is 0 Å². The number of amides is 1. The quantitative estimate of drug-likeness (QED) is 0.657. The number of hydrogen-bond donors (Lipinski definition) is 2. The van der Waals surface area contributed by atoms with Gasteiger partial charge in [0, 0.05) is 12.3 Å². The van der Waals surface area contributed by atoms with Gasteiger partial charge in [0.1, 0.15) is 9.84 Å². The fourth-order valence-corrected chi connectivity index (χ4v) is 2.70. The largest absolute Gasteiger partial charge is 0.351 e. The Hall–Kier alpha value is -0.270. The number of hydrogen-bond acceptors (Lipinski definition) is 5. The van der Waals surface area contributed by atoms with E-state index >= 15 is 0 Å². The van der Waals surface area contributed by atoms with Crippen molar-refractivity contribution in [1.82, 2.24) is 5.32 Å². The van der Waals surface area contributed by atoms with Crippen molar-refractivity contribution >= 4 is 27.5 Å². The summed E-state index contributed by atoms with van der Waals surface area (Å²) in [6, 6.07) is -0.961. The number of nitrogens with two attached hydrogens (primary N) is 1. The van der Waals surface area contributed by atoms with Gasteiger partial charge in [0.2, 0.25) is 5.91 Å². The maximum Gasteiger partial charge on any atom is 0.237 e. The van der Waals surface area contributed by atoms with E-state index in [0.717, 1.165) is 12.0 Å². The average molecular weight is 268 g/mol. The van der Waals surface area contributed by atoms with Crippen LogP contribution in [0.5, 0.6) is 0 Å². The van der Waals surface area contributed by atoms with E-state index in [0.29, 0.717) is 6.42 Å². The standard InChI is InChI=1S/C9H20N2O3S2/c1-7(6-16(3,13)14)11-9(12)8(10)4-5-15-2/h7-8H,4-6,10H2,1-3H3,(H,11,12)/t7?,8-/m1/s1. The van der Waals surface area contributed by atoms with Gasteiger partial charge in [0.05, 0.1) is 11.8 Å². The number of rotatable bonds is 7. The highest BCUT2D eigenvalue weighted by atomic mass is 32.2. The van der Waals surface area contributed by atoms with Crippen molar-refractivity contribution in [2.45, 2.75) is 25.4 Å². The van der Waals surface area contributed by atoms with Crippen molar-refractivity contribution in [2.24, 2.45) is 5.73 Å². The maximum atomic E-state index is 11.5. The summed E-state index contributed by atoms with van der Waals surface area (Å²) < 4.78 is 22.0. The third-order valence-corrected chi connectivity index (χ3v) is 3.66. The number of thioether (sulfide) groups is 1. The summed E-state index contributed by atoms with van der Waals surface area (Å²) in [5, 5.41) is 2.59. The van der Waals surface area contributed by atoms with Crippen LogP contribution in [-0.4, -0.2) is 50.4 Å². The third-order valence-electron chi connectivity index (χ3n) is 1.91. The molecule has 7 heteroatoms. The molecule has 0 radical (unpaired) electrons. The second-order valence-corrected chi connectivity index (χ2v) is 7.06. The Morgan fingerprint density at radius 3 is 2.50 bits per heavy atom. The second kappa shape index (κ2) is 7.13. The topological polar surface area (TPSA) is 89.3 Å². The van der Waals surface area contributed by atoms with Gasteiger partial charge in [0.15, 0.2) is 0 Å². The average Bonchev–Trinajstić information content (AvgIpc) is 2.10. The van der Waals surface area contributed by atoms with Crippen LogP contribution in [0.25, 0.3) is 0 Å². The number of carbonyl (C=O) groups excluding carboxylic acids is 1. The van der Waals surface area contributed by atoms with Crippen LogP contribution < -0.4 is 11.1 Å². The van der Waals surface area contributed by atoms with E-state index in [9.17, 15) is 13.2 Å². The molecule has 96 valence electrons. The molecular formula is C9H20N2O3S2. The zero-order valence-corrected chi connectivity index (χ0v) is 11.5. The molecule has 0 aliphatic heterocycles. The molecule has 0 aromatic rings. The summed E-state index contributed by atoms with van der Waals surface area (Å²) in [4.78, 5) is 11.5. The van der Waals surface area contributed by atoms with Crippen LogP contribution in [0.1, 0.15) is 13.3 Å². The predicted octanol–water partition coefficient (Wildman–Crippen LogP) is -0.384. The van der Waals surface area contributed by atoms with E-state index in [1.54, 1.807) is 18.7 Å². The van der Waals surface area contributed by atoms with Crippen LogP contribution in [0.15, 0.2) is 0 Å². The third kappa shape index (κ3) is 7.95. The van der Waals surface area contributed by atoms with Crippen LogP contribution in [-0.2, 0) is 14.6 Å². The van der Waals surface area contributed by atoms with Gasteiger partial charge < -0.3 is 11.1 Å². The molecule has 0 saturated heterocycles. The van der Waals surface area contributed by atoms with Crippen molar-refractivity contribution in [3.63, 3.8) is 0 Å². The van der Waals surface area contributed by atoms with Gasteiger partial charge in [-0.1, -0.05) is 0 Å². The monoisotopic (exact) mass is 268 g/mol. The molecule has 2 atom stereocenters. The van der Waals surface area contributed by atoms with Gasteiger partial charge in [-0.15, -0.1) is 0 Å². The summed E-state index contributed by atoms with van der Waals surface area (Å²) in [7, 11) is -3.07. The molecule has 0 bridgehead atoms. The smallest absolute Gasteiger partial charge is 0.237 e. The summed E-state index contributed by atoms with van der Waals surface area (Å²) in [5.41, 5.74) is 5.64. The molecule has 1 unspecified atom stereocenters. The fourth-order valence-electron chi connectivity index (χ4n) is 1.22. The Morgan fingerprint density at radius 2 is 2.06 bits per heavy atom. The van der Waals surface area contributed by atoms with E-state index in [-0.39, 0.29) is 11.7 Å². The molecule has 0 rings (SSSR count). The first kappa shape index (κ1) is 15.7. The lowest BCUT2D eigenvalue weighted by Gasteiger charge is -2.16.